The number of amides is 2. The molecular weight excluding hydrogens is 370 g/mol. The Bertz CT molecular complexity index is 778. The molecule has 0 aliphatic carbocycles. The smallest absolute Gasteiger partial charge is 0.329 e. The molecule has 0 saturated heterocycles. The summed E-state index contributed by atoms with van der Waals surface area (Å²) in [7, 11) is 0. The summed E-state index contributed by atoms with van der Waals surface area (Å²) in [5.41, 5.74) is 0.443. The van der Waals surface area contributed by atoms with Crippen LogP contribution in [-0.2, 0) is 14.3 Å². The fourth-order valence-electron chi connectivity index (χ4n) is 2.16. The number of anilines is 1. The summed E-state index contributed by atoms with van der Waals surface area (Å²) in [5.74, 6) is -0.150. The number of esters is 1. The molecule has 0 radical (unpaired) electrons. The van der Waals surface area contributed by atoms with E-state index in [0.29, 0.717) is 23.5 Å². The van der Waals surface area contributed by atoms with Crippen molar-refractivity contribution < 1.29 is 23.6 Å². The van der Waals surface area contributed by atoms with Gasteiger partial charge in [0.2, 0.25) is 0 Å². The van der Waals surface area contributed by atoms with Gasteiger partial charge in [0.05, 0.1) is 0 Å². The topological polar surface area (TPSA) is 111 Å². The standard InChI is InChI=1S/C18H21N3O5S/c1-12-10-15(21-26-12)20-16(22)11-25-18(24)14(8-9-27-2)19-17(23)13-6-4-3-5-7-13/h3-7,10,14H,8-9,11H2,1-2H3,(H,19,23)(H,20,21,22)/t14-/m0/s1. The van der Waals surface area contributed by atoms with E-state index in [9.17, 15) is 14.4 Å². The normalized spacial score (nSPS) is 11.5. The van der Waals surface area contributed by atoms with Gasteiger partial charge in [0.25, 0.3) is 11.8 Å². The number of aromatic nitrogens is 1. The van der Waals surface area contributed by atoms with E-state index in [4.69, 9.17) is 9.26 Å². The predicted octanol–water partition coefficient (Wildman–Crippen LogP) is 2.02. The van der Waals surface area contributed by atoms with E-state index in [0.717, 1.165) is 0 Å². The number of aryl methyl sites for hydroxylation is 1. The van der Waals surface area contributed by atoms with Crippen molar-refractivity contribution in [2.24, 2.45) is 0 Å². The van der Waals surface area contributed by atoms with Crippen LogP contribution >= 0.6 is 11.8 Å². The van der Waals surface area contributed by atoms with Crippen LogP contribution in [0.15, 0.2) is 40.9 Å². The third kappa shape index (κ3) is 6.78. The maximum absolute atomic E-state index is 12.3. The highest BCUT2D eigenvalue weighted by Gasteiger charge is 2.23. The third-order valence-electron chi connectivity index (χ3n) is 3.48. The highest BCUT2D eigenvalue weighted by Crippen LogP contribution is 2.08. The van der Waals surface area contributed by atoms with Crippen LogP contribution in [0.4, 0.5) is 5.82 Å². The van der Waals surface area contributed by atoms with Crippen molar-refractivity contribution in [3.05, 3.63) is 47.7 Å². The van der Waals surface area contributed by atoms with E-state index >= 15 is 0 Å². The fourth-order valence-corrected chi connectivity index (χ4v) is 2.63. The number of hydrogen-bond donors (Lipinski definition) is 2. The minimum absolute atomic E-state index is 0.241. The van der Waals surface area contributed by atoms with E-state index < -0.39 is 24.5 Å². The molecule has 0 unspecified atom stereocenters. The SMILES string of the molecule is CSCC[C@H](NC(=O)c1ccccc1)C(=O)OCC(=O)Nc1cc(C)on1. The van der Waals surface area contributed by atoms with Gasteiger partial charge in [-0.2, -0.15) is 11.8 Å². The summed E-state index contributed by atoms with van der Waals surface area (Å²) in [6.45, 7) is 1.20. The van der Waals surface area contributed by atoms with Crippen molar-refractivity contribution in [1.29, 1.82) is 0 Å². The lowest BCUT2D eigenvalue weighted by Gasteiger charge is -2.17. The van der Waals surface area contributed by atoms with Gasteiger partial charge in [-0.15, -0.1) is 0 Å². The molecule has 8 nitrogen and oxygen atoms in total. The first-order chi connectivity index (χ1) is 13.0. The highest BCUT2D eigenvalue weighted by atomic mass is 32.2. The predicted molar refractivity (Wildman–Crippen MR) is 102 cm³/mol. The van der Waals surface area contributed by atoms with Gasteiger partial charge in [0.1, 0.15) is 11.8 Å². The molecule has 1 heterocycles. The monoisotopic (exact) mass is 391 g/mol. The number of nitrogens with one attached hydrogen (secondary N) is 2. The van der Waals surface area contributed by atoms with Gasteiger partial charge in [-0.1, -0.05) is 23.4 Å². The summed E-state index contributed by atoms with van der Waals surface area (Å²) in [6.07, 6.45) is 2.29. The van der Waals surface area contributed by atoms with E-state index in [1.54, 1.807) is 55.1 Å². The zero-order chi connectivity index (χ0) is 19.6. The summed E-state index contributed by atoms with van der Waals surface area (Å²) in [6, 6.07) is 9.28. The van der Waals surface area contributed by atoms with Crippen LogP contribution < -0.4 is 10.6 Å². The second-order valence-corrected chi connectivity index (χ2v) is 6.64. The van der Waals surface area contributed by atoms with Crippen LogP contribution in [0, 0.1) is 6.92 Å². The fraction of sp³-hybridized carbons (Fsp3) is 0.333. The molecule has 0 fully saturated rings. The Labute approximate surface area is 161 Å². The van der Waals surface area contributed by atoms with Crippen LogP contribution in [0.5, 0.6) is 0 Å². The van der Waals surface area contributed by atoms with Gasteiger partial charge in [-0.25, -0.2) is 4.79 Å². The largest absolute Gasteiger partial charge is 0.454 e. The second kappa shape index (κ2) is 10.4. The molecule has 2 aromatic rings. The Morgan fingerprint density at radius 1 is 1.26 bits per heavy atom. The minimum atomic E-state index is -0.841. The number of rotatable bonds is 9. The van der Waals surface area contributed by atoms with E-state index in [1.807, 2.05) is 6.26 Å². The zero-order valence-corrected chi connectivity index (χ0v) is 15.9. The Kier molecular flexibility index (Phi) is 7.87. The van der Waals surface area contributed by atoms with Crippen molar-refractivity contribution in [3.8, 4) is 0 Å². The number of hydrogen-bond acceptors (Lipinski definition) is 7. The van der Waals surface area contributed by atoms with Crippen LogP contribution in [-0.4, -0.2) is 47.6 Å². The first kappa shape index (κ1) is 20.5. The first-order valence-corrected chi connectivity index (χ1v) is 9.63. The highest BCUT2D eigenvalue weighted by molar-refractivity contribution is 7.98. The average molecular weight is 391 g/mol. The van der Waals surface area contributed by atoms with Gasteiger partial charge in [0, 0.05) is 11.6 Å². The summed E-state index contributed by atoms with van der Waals surface area (Å²) in [4.78, 5) is 36.4. The number of nitrogens with zero attached hydrogens (tertiary/aromatic N) is 1. The molecule has 9 heteroatoms. The number of carbonyl (C=O) groups excluding carboxylic acids is 3. The molecular formula is C18H21N3O5S. The van der Waals surface area contributed by atoms with Crippen LogP contribution in [0.3, 0.4) is 0 Å². The molecule has 1 aromatic carbocycles. The molecule has 0 aliphatic heterocycles. The van der Waals surface area contributed by atoms with Gasteiger partial charge in [-0.05, 0) is 37.5 Å². The Morgan fingerprint density at radius 2 is 2.00 bits per heavy atom. The van der Waals surface area contributed by atoms with Crippen LogP contribution in [0.25, 0.3) is 0 Å². The molecule has 0 bridgehead atoms. The Balaban J connectivity index is 1.89. The van der Waals surface area contributed by atoms with Gasteiger partial charge < -0.3 is 19.9 Å². The lowest BCUT2D eigenvalue weighted by atomic mass is 10.1. The van der Waals surface area contributed by atoms with Crippen molar-refractivity contribution in [3.63, 3.8) is 0 Å². The van der Waals surface area contributed by atoms with E-state index in [1.165, 1.54) is 0 Å². The first-order valence-electron chi connectivity index (χ1n) is 8.24. The maximum Gasteiger partial charge on any atom is 0.329 e. The molecule has 0 saturated carbocycles. The molecule has 1 aromatic heterocycles. The number of carbonyl (C=O) groups is 3. The van der Waals surface area contributed by atoms with Gasteiger partial charge >= 0.3 is 5.97 Å². The van der Waals surface area contributed by atoms with Crippen molar-refractivity contribution >= 4 is 35.4 Å². The summed E-state index contributed by atoms with van der Waals surface area (Å²) >= 11 is 1.54. The number of thioether (sulfide) groups is 1. The summed E-state index contributed by atoms with van der Waals surface area (Å²) < 4.78 is 9.88. The molecule has 2 amide bonds. The number of ether oxygens (including phenoxy) is 1. The molecule has 1 atom stereocenters. The molecule has 2 N–H and O–H groups in total. The molecule has 27 heavy (non-hydrogen) atoms. The van der Waals surface area contributed by atoms with Crippen molar-refractivity contribution in [2.75, 3.05) is 23.9 Å². The Hall–Kier alpha value is -2.81. The quantitative estimate of drug-likeness (QED) is 0.629. The zero-order valence-electron chi connectivity index (χ0n) is 15.1. The molecule has 0 aliphatic rings. The van der Waals surface area contributed by atoms with E-state index in [-0.39, 0.29) is 11.7 Å². The molecule has 0 spiro atoms. The maximum atomic E-state index is 12.3. The van der Waals surface area contributed by atoms with Crippen LogP contribution in [0.2, 0.25) is 0 Å². The van der Waals surface area contributed by atoms with Gasteiger partial charge in [-0.3, -0.25) is 9.59 Å². The minimum Gasteiger partial charge on any atom is -0.454 e. The molecule has 2 rings (SSSR count). The van der Waals surface area contributed by atoms with Gasteiger partial charge in [0.15, 0.2) is 12.4 Å². The lowest BCUT2D eigenvalue weighted by Crippen LogP contribution is -2.43. The molecule has 144 valence electrons. The summed E-state index contributed by atoms with van der Waals surface area (Å²) in [5, 5.41) is 8.74. The third-order valence-corrected chi connectivity index (χ3v) is 4.12. The number of benzene rings is 1. The van der Waals surface area contributed by atoms with Crippen molar-refractivity contribution in [1.82, 2.24) is 10.5 Å². The average Bonchev–Trinajstić information content (AvgIpc) is 3.08. The van der Waals surface area contributed by atoms with Crippen molar-refractivity contribution in [2.45, 2.75) is 19.4 Å². The van der Waals surface area contributed by atoms with Crippen LogP contribution in [0.1, 0.15) is 22.5 Å². The van der Waals surface area contributed by atoms with E-state index in [2.05, 4.69) is 15.8 Å². The lowest BCUT2D eigenvalue weighted by molar-refractivity contribution is -0.149. The Morgan fingerprint density at radius 3 is 2.63 bits per heavy atom. The second-order valence-electron chi connectivity index (χ2n) is 5.65.